The van der Waals surface area contributed by atoms with Gasteiger partial charge >= 0.3 is 0 Å². The summed E-state index contributed by atoms with van der Waals surface area (Å²) in [6.45, 7) is 8.04. The van der Waals surface area contributed by atoms with Gasteiger partial charge in [0.05, 0.1) is 11.3 Å². The Hall–Kier alpha value is -3.08. The number of rotatable bonds is 4. The van der Waals surface area contributed by atoms with Crippen molar-refractivity contribution in [3.05, 3.63) is 65.4 Å². The molecule has 0 spiro atoms. The van der Waals surface area contributed by atoms with Crippen LogP contribution in [0.15, 0.2) is 54.2 Å². The molecule has 0 bridgehead atoms. The molecule has 0 aromatic heterocycles. The molecule has 0 unspecified atom stereocenters. The molecule has 0 radical (unpaired) electrons. The molecule has 0 aliphatic carbocycles. The molecular formula is C28H33N3O2. The predicted octanol–water partition coefficient (Wildman–Crippen LogP) is 5.00. The molecule has 3 aliphatic heterocycles. The van der Waals surface area contributed by atoms with E-state index in [1.807, 2.05) is 55.5 Å². The smallest absolute Gasteiger partial charge is 0.282 e. The fourth-order valence-corrected chi connectivity index (χ4v) is 5.22. The summed E-state index contributed by atoms with van der Waals surface area (Å²) in [4.78, 5) is 33.3. The van der Waals surface area contributed by atoms with E-state index in [9.17, 15) is 9.59 Å². The van der Waals surface area contributed by atoms with Crippen LogP contribution in [0.5, 0.6) is 0 Å². The first-order valence-electron chi connectivity index (χ1n) is 12.3. The van der Waals surface area contributed by atoms with Crippen LogP contribution < -0.4 is 9.80 Å². The number of piperidine rings is 2. The van der Waals surface area contributed by atoms with Gasteiger partial charge in [-0.1, -0.05) is 36.8 Å². The third-order valence-corrected chi connectivity index (χ3v) is 7.33. The molecule has 0 N–H and O–H groups in total. The molecule has 5 heteroatoms. The van der Waals surface area contributed by atoms with E-state index in [0.29, 0.717) is 22.9 Å². The van der Waals surface area contributed by atoms with E-state index >= 15 is 0 Å². The molecule has 2 amide bonds. The molecule has 2 saturated heterocycles. The summed E-state index contributed by atoms with van der Waals surface area (Å²) >= 11 is 0. The Balaban J connectivity index is 1.48. The first kappa shape index (κ1) is 21.7. The topological polar surface area (TPSA) is 43.9 Å². The zero-order valence-electron chi connectivity index (χ0n) is 19.7. The summed E-state index contributed by atoms with van der Waals surface area (Å²) in [5, 5.41) is 0. The lowest BCUT2D eigenvalue weighted by atomic mass is 9.97. The second-order valence-electron chi connectivity index (χ2n) is 9.77. The van der Waals surface area contributed by atoms with Gasteiger partial charge in [0.2, 0.25) is 0 Å². The van der Waals surface area contributed by atoms with Crippen LogP contribution in [0.25, 0.3) is 5.57 Å². The Morgan fingerprint density at radius 2 is 1.30 bits per heavy atom. The summed E-state index contributed by atoms with van der Waals surface area (Å²) in [6.07, 6.45) is 5.79. The Morgan fingerprint density at radius 1 is 0.697 bits per heavy atom. The Kier molecular flexibility index (Phi) is 5.96. The van der Waals surface area contributed by atoms with Gasteiger partial charge in [-0.25, -0.2) is 4.90 Å². The lowest BCUT2D eigenvalue weighted by Gasteiger charge is -2.32. The van der Waals surface area contributed by atoms with Gasteiger partial charge < -0.3 is 9.80 Å². The summed E-state index contributed by atoms with van der Waals surface area (Å²) in [7, 11) is 0. The van der Waals surface area contributed by atoms with Crippen molar-refractivity contribution in [2.45, 2.75) is 46.0 Å². The predicted molar refractivity (Wildman–Crippen MR) is 133 cm³/mol. The van der Waals surface area contributed by atoms with E-state index < -0.39 is 0 Å². The van der Waals surface area contributed by atoms with E-state index in [4.69, 9.17) is 0 Å². The normalized spacial score (nSPS) is 20.2. The molecule has 33 heavy (non-hydrogen) atoms. The number of nitrogens with zero attached hydrogens (tertiary/aromatic N) is 3. The highest BCUT2D eigenvalue weighted by Gasteiger charge is 2.43. The van der Waals surface area contributed by atoms with Crippen LogP contribution in [-0.2, 0) is 9.59 Å². The molecule has 172 valence electrons. The van der Waals surface area contributed by atoms with E-state index in [2.05, 4.69) is 16.7 Å². The highest BCUT2D eigenvalue weighted by molar-refractivity contribution is 6.45. The number of hydrogen-bond donors (Lipinski definition) is 0. The monoisotopic (exact) mass is 443 g/mol. The highest BCUT2D eigenvalue weighted by atomic mass is 16.2. The zero-order chi connectivity index (χ0) is 22.9. The van der Waals surface area contributed by atoms with Gasteiger partial charge in [-0.05, 0) is 74.8 Å². The molecule has 2 fully saturated rings. The SMILES string of the molecule is Cc1ccc(C2=C(N3CCC(C)CC3)C(=O)N(c3ccc(N4CCCCC4)cc3)C2=O)cc1. The largest absolute Gasteiger partial charge is 0.372 e. The van der Waals surface area contributed by atoms with Crippen molar-refractivity contribution in [3.63, 3.8) is 0 Å². The number of benzene rings is 2. The van der Waals surface area contributed by atoms with Crippen molar-refractivity contribution in [2.24, 2.45) is 5.92 Å². The van der Waals surface area contributed by atoms with Crippen molar-refractivity contribution in [1.29, 1.82) is 0 Å². The Labute approximate surface area is 196 Å². The summed E-state index contributed by atoms with van der Waals surface area (Å²) in [5.41, 5.74) is 4.87. The summed E-state index contributed by atoms with van der Waals surface area (Å²) in [6, 6.07) is 15.9. The maximum Gasteiger partial charge on any atom is 0.282 e. The van der Waals surface area contributed by atoms with Crippen LogP contribution in [0.4, 0.5) is 11.4 Å². The van der Waals surface area contributed by atoms with Crippen molar-refractivity contribution >= 4 is 28.8 Å². The first-order valence-corrected chi connectivity index (χ1v) is 12.3. The van der Waals surface area contributed by atoms with Crippen molar-refractivity contribution in [3.8, 4) is 0 Å². The van der Waals surface area contributed by atoms with Crippen LogP contribution >= 0.6 is 0 Å². The van der Waals surface area contributed by atoms with Crippen LogP contribution in [0.1, 0.15) is 50.2 Å². The van der Waals surface area contributed by atoms with Crippen LogP contribution in [0, 0.1) is 12.8 Å². The van der Waals surface area contributed by atoms with Crippen LogP contribution in [0.3, 0.4) is 0 Å². The Morgan fingerprint density at radius 3 is 1.94 bits per heavy atom. The fourth-order valence-electron chi connectivity index (χ4n) is 5.22. The van der Waals surface area contributed by atoms with Crippen molar-refractivity contribution in [2.75, 3.05) is 36.0 Å². The van der Waals surface area contributed by atoms with Gasteiger partial charge in [0, 0.05) is 31.9 Å². The molecule has 2 aromatic rings. The molecule has 0 atom stereocenters. The van der Waals surface area contributed by atoms with Crippen molar-refractivity contribution < 1.29 is 9.59 Å². The Bertz CT molecular complexity index is 1060. The molecule has 3 heterocycles. The van der Waals surface area contributed by atoms with Gasteiger partial charge in [0.25, 0.3) is 11.8 Å². The van der Waals surface area contributed by atoms with E-state index in [-0.39, 0.29) is 11.8 Å². The third kappa shape index (κ3) is 4.17. The molecule has 5 nitrogen and oxygen atoms in total. The zero-order valence-corrected chi connectivity index (χ0v) is 19.7. The second-order valence-corrected chi connectivity index (χ2v) is 9.77. The molecule has 2 aromatic carbocycles. The van der Waals surface area contributed by atoms with Gasteiger partial charge in [-0.3, -0.25) is 9.59 Å². The van der Waals surface area contributed by atoms with E-state index in [1.165, 1.54) is 24.2 Å². The lowest BCUT2D eigenvalue weighted by molar-refractivity contribution is -0.120. The highest BCUT2D eigenvalue weighted by Crippen LogP contribution is 2.37. The number of carbonyl (C=O) groups is 2. The van der Waals surface area contributed by atoms with Crippen LogP contribution in [0.2, 0.25) is 0 Å². The van der Waals surface area contributed by atoms with Gasteiger partial charge in [0.15, 0.2) is 0 Å². The maximum atomic E-state index is 13.7. The minimum Gasteiger partial charge on any atom is -0.372 e. The van der Waals surface area contributed by atoms with Crippen LogP contribution in [-0.4, -0.2) is 42.9 Å². The number of amides is 2. The lowest BCUT2D eigenvalue weighted by Crippen LogP contribution is -2.38. The van der Waals surface area contributed by atoms with E-state index in [1.54, 1.807) is 0 Å². The summed E-state index contributed by atoms with van der Waals surface area (Å²) in [5.74, 6) is 0.231. The minimum absolute atomic E-state index is 0.198. The van der Waals surface area contributed by atoms with E-state index in [0.717, 1.165) is 55.8 Å². The quantitative estimate of drug-likeness (QED) is 0.624. The number of aryl methyl sites for hydroxylation is 1. The molecule has 5 rings (SSSR count). The fraction of sp³-hybridized carbons (Fsp3) is 0.429. The maximum absolute atomic E-state index is 13.7. The number of carbonyl (C=O) groups excluding carboxylic acids is 2. The van der Waals surface area contributed by atoms with Gasteiger partial charge in [-0.15, -0.1) is 0 Å². The second kappa shape index (κ2) is 9.05. The number of likely N-dealkylation sites (tertiary alicyclic amines) is 1. The third-order valence-electron chi connectivity index (χ3n) is 7.33. The van der Waals surface area contributed by atoms with Gasteiger partial charge in [0.1, 0.15) is 5.70 Å². The van der Waals surface area contributed by atoms with Crippen molar-refractivity contribution in [1.82, 2.24) is 4.90 Å². The molecule has 0 saturated carbocycles. The number of anilines is 2. The average Bonchev–Trinajstić information content (AvgIpc) is 3.11. The van der Waals surface area contributed by atoms with Gasteiger partial charge in [-0.2, -0.15) is 0 Å². The molecular weight excluding hydrogens is 410 g/mol. The number of imide groups is 1. The average molecular weight is 444 g/mol. The first-order chi connectivity index (χ1) is 16.0. The standard InChI is InChI=1S/C28H33N3O2/c1-20-6-8-22(9-7-20)25-26(30-18-14-21(2)15-19-30)28(33)31(27(25)32)24-12-10-23(11-13-24)29-16-4-3-5-17-29/h6-13,21H,3-5,14-19H2,1-2H3. The number of hydrogen-bond acceptors (Lipinski definition) is 4. The minimum atomic E-state index is -0.219. The molecule has 3 aliphatic rings. The summed E-state index contributed by atoms with van der Waals surface area (Å²) < 4.78 is 0.